The van der Waals surface area contributed by atoms with Gasteiger partial charge in [0.15, 0.2) is 0 Å². The molecular formula is C22H17FN6O. The lowest BCUT2D eigenvalue weighted by Gasteiger charge is -2.21. The first-order chi connectivity index (χ1) is 14.7. The minimum Gasteiger partial charge on any atom is -0.332 e. The van der Waals surface area contributed by atoms with Crippen LogP contribution in [0.3, 0.4) is 0 Å². The molecule has 8 heteroatoms. The molecular weight excluding hydrogens is 383 g/mol. The summed E-state index contributed by atoms with van der Waals surface area (Å²) in [5.74, 6) is 0.396. The van der Waals surface area contributed by atoms with Gasteiger partial charge in [0.1, 0.15) is 11.5 Å². The fourth-order valence-corrected chi connectivity index (χ4v) is 3.35. The first-order valence-corrected chi connectivity index (χ1v) is 9.33. The molecule has 0 amide bonds. The van der Waals surface area contributed by atoms with Crippen LogP contribution in [0.1, 0.15) is 17.0 Å². The Morgan fingerprint density at radius 1 is 0.967 bits per heavy atom. The molecule has 0 bridgehead atoms. The molecule has 2 N–H and O–H groups in total. The van der Waals surface area contributed by atoms with Gasteiger partial charge in [0.2, 0.25) is 5.82 Å². The van der Waals surface area contributed by atoms with Gasteiger partial charge in [-0.05, 0) is 36.8 Å². The van der Waals surface area contributed by atoms with E-state index in [4.69, 9.17) is 4.52 Å². The van der Waals surface area contributed by atoms with Crippen molar-refractivity contribution in [1.82, 2.24) is 26.1 Å². The van der Waals surface area contributed by atoms with Crippen molar-refractivity contribution in [3.05, 3.63) is 95.9 Å². The van der Waals surface area contributed by atoms with Crippen LogP contribution in [0.2, 0.25) is 0 Å². The van der Waals surface area contributed by atoms with Gasteiger partial charge < -0.3 is 4.52 Å². The van der Waals surface area contributed by atoms with Gasteiger partial charge in [0.05, 0.1) is 11.4 Å². The smallest absolute Gasteiger partial charge is 0.277 e. The SMILES string of the molecule is Cc1ccccc1-c1noc(C2=C(c3ccncc3)N(c3ccccc3F)NN2)n1. The number of nitrogens with one attached hydrogen (secondary N) is 2. The molecule has 30 heavy (non-hydrogen) atoms. The number of para-hydroxylation sites is 1. The van der Waals surface area contributed by atoms with Crippen LogP contribution in [0.5, 0.6) is 0 Å². The fraction of sp³-hybridized carbons (Fsp3) is 0.0455. The normalized spacial score (nSPS) is 13.6. The van der Waals surface area contributed by atoms with E-state index in [1.54, 1.807) is 35.6 Å². The van der Waals surface area contributed by atoms with Crippen LogP contribution in [0.15, 0.2) is 77.6 Å². The summed E-state index contributed by atoms with van der Waals surface area (Å²) in [6.45, 7) is 1.99. The van der Waals surface area contributed by atoms with Crippen LogP contribution < -0.4 is 16.0 Å². The number of anilines is 1. The van der Waals surface area contributed by atoms with Crippen molar-refractivity contribution in [2.24, 2.45) is 0 Å². The molecule has 5 rings (SSSR count). The number of pyridine rings is 1. The molecule has 0 atom stereocenters. The van der Waals surface area contributed by atoms with Crippen molar-refractivity contribution < 1.29 is 8.91 Å². The summed E-state index contributed by atoms with van der Waals surface area (Å²) in [5, 5.41) is 5.75. The average molecular weight is 400 g/mol. The Balaban J connectivity index is 1.64. The number of aromatic nitrogens is 3. The molecule has 148 valence electrons. The van der Waals surface area contributed by atoms with E-state index >= 15 is 0 Å². The zero-order chi connectivity index (χ0) is 20.5. The molecule has 0 spiro atoms. The second-order valence-electron chi connectivity index (χ2n) is 6.72. The first-order valence-electron chi connectivity index (χ1n) is 9.33. The highest BCUT2D eigenvalue weighted by Gasteiger charge is 2.30. The van der Waals surface area contributed by atoms with Gasteiger partial charge in [0.25, 0.3) is 5.89 Å². The zero-order valence-electron chi connectivity index (χ0n) is 16.0. The van der Waals surface area contributed by atoms with Crippen molar-refractivity contribution >= 4 is 17.1 Å². The Morgan fingerprint density at radius 2 is 1.73 bits per heavy atom. The monoisotopic (exact) mass is 400 g/mol. The van der Waals surface area contributed by atoms with E-state index in [-0.39, 0.29) is 11.7 Å². The van der Waals surface area contributed by atoms with Gasteiger partial charge in [-0.25, -0.2) is 4.39 Å². The fourth-order valence-electron chi connectivity index (χ4n) is 3.35. The van der Waals surface area contributed by atoms with Crippen LogP contribution in [0.4, 0.5) is 10.1 Å². The van der Waals surface area contributed by atoms with Crippen molar-refractivity contribution in [2.75, 3.05) is 5.01 Å². The quantitative estimate of drug-likeness (QED) is 0.537. The number of nitrogens with zero attached hydrogens (tertiary/aromatic N) is 4. The highest BCUT2D eigenvalue weighted by molar-refractivity contribution is 5.96. The zero-order valence-corrected chi connectivity index (χ0v) is 16.0. The topological polar surface area (TPSA) is 79.1 Å². The first kappa shape index (κ1) is 18.0. The molecule has 0 fully saturated rings. The molecule has 2 aromatic heterocycles. The number of rotatable bonds is 4. The van der Waals surface area contributed by atoms with Gasteiger partial charge in [-0.1, -0.05) is 41.6 Å². The highest BCUT2D eigenvalue weighted by atomic mass is 19.1. The van der Waals surface area contributed by atoms with E-state index in [0.717, 1.165) is 16.7 Å². The number of hydrogen-bond donors (Lipinski definition) is 2. The second-order valence-corrected chi connectivity index (χ2v) is 6.72. The van der Waals surface area contributed by atoms with E-state index < -0.39 is 0 Å². The lowest BCUT2D eigenvalue weighted by Crippen LogP contribution is -2.38. The van der Waals surface area contributed by atoms with Crippen LogP contribution in [-0.2, 0) is 0 Å². The molecule has 2 aromatic carbocycles. The average Bonchev–Trinajstić information content (AvgIpc) is 3.42. The third-order valence-corrected chi connectivity index (χ3v) is 4.83. The number of halogens is 1. The Hall–Kier alpha value is -4.04. The van der Waals surface area contributed by atoms with Gasteiger partial charge in [0, 0.05) is 23.5 Å². The van der Waals surface area contributed by atoms with Crippen molar-refractivity contribution in [1.29, 1.82) is 0 Å². The molecule has 0 saturated carbocycles. The molecule has 1 aliphatic rings. The number of hydrogen-bond acceptors (Lipinski definition) is 7. The summed E-state index contributed by atoms with van der Waals surface area (Å²) in [6, 6.07) is 18.0. The summed E-state index contributed by atoms with van der Waals surface area (Å²) in [7, 11) is 0. The van der Waals surface area contributed by atoms with Crippen LogP contribution in [0, 0.1) is 12.7 Å². The van der Waals surface area contributed by atoms with Crippen molar-refractivity contribution in [3.8, 4) is 11.4 Å². The van der Waals surface area contributed by atoms with E-state index in [1.165, 1.54) is 6.07 Å². The predicted octanol–water partition coefficient (Wildman–Crippen LogP) is 3.93. The Morgan fingerprint density at radius 3 is 2.53 bits per heavy atom. The molecule has 4 aromatic rings. The highest BCUT2D eigenvalue weighted by Crippen LogP contribution is 2.34. The molecule has 0 aliphatic carbocycles. The van der Waals surface area contributed by atoms with Crippen LogP contribution >= 0.6 is 0 Å². The van der Waals surface area contributed by atoms with Gasteiger partial charge in [-0.2, -0.15) is 4.98 Å². The lowest BCUT2D eigenvalue weighted by molar-refractivity contribution is 0.405. The lowest BCUT2D eigenvalue weighted by atomic mass is 10.1. The van der Waals surface area contributed by atoms with Crippen molar-refractivity contribution in [2.45, 2.75) is 6.92 Å². The maximum absolute atomic E-state index is 14.5. The summed E-state index contributed by atoms with van der Waals surface area (Å²) in [4.78, 5) is 8.65. The summed E-state index contributed by atoms with van der Waals surface area (Å²) in [5.41, 5.74) is 10.3. The molecule has 7 nitrogen and oxygen atoms in total. The maximum atomic E-state index is 14.5. The minimum absolute atomic E-state index is 0.284. The molecule has 0 saturated heterocycles. The van der Waals surface area contributed by atoms with E-state index in [9.17, 15) is 4.39 Å². The summed E-state index contributed by atoms with van der Waals surface area (Å²) >= 11 is 0. The molecule has 1 aliphatic heterocycles. The largest absolute Gasteiger partial charge is 0.332 e. The number of benzene rings is 2. The Bertz CT molecular complexity index is 1240. The number of aryl methyl sites for hydroxylation is 1. The van der Waals surface area contributed by atoms with E-state index in [2.05, 4.69) is 26.1 Å². The third-order valence-electron chi connectivity index (χ3n) is 4.83. The minimum atomic E-state index is -0.370. The summed E-state index contributed by atoms with van der Waals surface area (Å²) in [6.07, 6.45) is 3.34. The van der Waals surface area contributed by atoms with Gasteiger partial charge in [-0.3, -0.25) is 15.4 Å². The van der Waals surface area contributed by atoms with Gasteiger partial charge >= 0.3 is 0 Å². The standard InChI is InChI=1S/C22H17FN6O/c1-14-6-2-3-7-16(14)21-25-22(30-27-21)19-20(15-10-12-24-13-11-15)29(28-26-19)18-9-5-4-8-17(18)23/h2-13,26,28H,1H3. The van der Waals surface area contributed by atoms with Crippen molar-refractivity contribution in [3.63, 3.8) is 0 Å². The predicted molar refractivity (Wildman–Crippen MR) is 111 cm³/mol. The van der Waals surface area contributed by atoms with E-state index in [0.29, 0.717) is 22.9 Å². The second kappa shape index (κ2) is 7.41. The molecule has 3 heterocycles. The Kier molecular flexibility index (Phi) is 4.45. The number of hydrazine groups is 2. The van der Waals surface area contributed by atoms with Crippen LogP contribution in [-0.4, -0.2) is 15.1 Å². The molecule has 0 radical (unpaired) electrons. The molecule has 0 unspecified atom stereocenters. The third kappa shape index (κ3) is 3.09. The van der Waals surface area contributed by atoms with Crippen LogP contribution in [0.25, 0.3) is 22.8 Å². The maximum Gasteiger partial charge on any atom is 0.277 e. The van der Waals surface area contributed by atoms with Gasteiger partial charge in [-0.15, -0.1) is 5.53 Å². The van der Waals surface area contributed by atoms with E-state index in [1.807, 2.05) is 43.3 Å². The Labute approximate surface area is 171 Å². The summed E-state index contributed by atoms with van der Waals surface area (Å²) < 4.78 is 20.1.